The monoisotopic (exact) mass is 237 g/mol. The lowest BCUT2D eigenvalue weighted by molar-refractivity contribution is 0.306. The van der Waals surface area contributed by atoms with Gasteiger partial charge in [-0.1, -0.05) is 32.9 Å². The van der Waals surface area contributed by atoms with Crippen molar-refractivity contribution in [2.24, 2.45) is 0 Å². The van der Waals surface area contributed by atoms with Gasteiger partial charge in [-0.05, 0) is 19.9 Å². The zero-order valence-electron chi connectivity index (χ0n) is 11.6. The van der Waals surface area contributed by atoms with Crippen LogP contribution in [0.2, 0.25) is 0 Å². The zero-order valence-corrected chi connectivity index (χ0v) is 11.6. The van der Waals surface area contributed by atoms with Crippen molar-refractivity contribution in [3.63, 3.8) is 0 Å². The number of rotatable bonds is 9. The van der Waals surface area contributed by atoms with Gasteiger partial charge in [-0.25, -0.2) is 0 Å². The molecule has 0 fully saturated rings. The Kier molecular flexibility index (Phi) is 8.42. The van der Waals surface area contributed by atoms with Gasteiger partial charge in [0.25, 0.3) is 0 Å². The molecule has 0 spiro atoms. The average molecular weight is 237 g/mol. The molecule has 3 nitrogen and oxygen atoms in total. The van der Waals surface area contributed by atoms with E-state index < -0.39 is 0 Å². The van der Waals surface area contributed by atoms with E-state index in [-0.39, 0.29) is 0 Å². The first-order chi connectivity index (χ1) is 8.12. The molecule has 0 aromatic heterocycles. The fraction of sp³-hybridized carbons (Fsp3) is 0.643. The summed E-state index contributed by atoms with van der Waals surface area (Å²) in [6, 6.07) is 0.416. The van der Waals surface area contributed by atoms with Crippen molar-refractivity contribution in [1.29, 1.82) is 5.41 Å². The minimum absolute atomic E-state index is 0.416. The van der Waals surface area contributed by atoms with E-state index >= 15 is 0 Å². The van der Waals surface area contributed by atoms with E-state index in [0.717, 1.165) is 31.4 Å². The summed E-state index contributed by atoms with van der Waals surface area (Å²) < 4.78 is 0. The number of likely N-dealkylation sites (N-methyl/N-ethyl adjacent to an activating group) is 1. The van der Waals surface area contributed by atoms with Crippen LogP contribution in [0, 0.1) is 5.41 Å². The first-order valence-corrected chi connectivity index (χ1v) is 6.41. The Morgan fingerprint density at radius 1 is 1.47 bits per heavy atom. The van der Waals surface area contributed by atoms with Crippen molar-refractivity contribution in [3.05, 3.63) is 24.8 Å². The van der Waals surface area contributed by atoms with Crippen LogP contribution in [0.5, 0.6) is 0 Å². The van der Waals surface area contributed by atoms with Crippen molar-refractivity contribution < 1.29 is 0 Å². The van der Waals surface area contributed by atoms with E-state index in [4.69, 9.17) is 5.41 Å². The average Bonchev–Trinajstić information content (AvgIpc) is 2.33. The number of nitrogens with zero attached hydrogens (tertiary/aromatic N) is 1. The molecule has 0 saturated heterocycles. The van der Waals surface area contributed by atoms with E-state index in [9.17, 15) is 0 Å². The second kappa shape index (κ2) is 8.99. The van der Waals surface area contributed by atoms with Crippen LogP contribution >= 0.6 is 0 Å². The van der Waals surface area contributed by atoms with E-state index in [1.807, 2.05) is 13.1 Å². The van der Waals surface area contributed by atoms with E-state index in [1.54, 1.807) is 0 Å². The highest BCUT2D eigenvalue weighted by Crippen LogP contribution is 2.14. The normalized spacial score (nSPS) is 11.9. The fourth-order valence-electron chi connectivity index (χ4n) is 1.98. The Balaban J connectivity index is 4.74. The molecule has 3 heteroatoms. The van der Waals surface area contributed by atoms with Gasteiger partial charge in [0.15, 0.2) is 0 Å². The summed E-state index contributed by atoms with van der Waals surface area (Å²) in [6.45, 7) is 13.5. The molecular weight excluding hydrogens is 210 g/mol. The van der Waals surface area contributed by atoms with Crippen molar-refractivity contribution in [1.82, 2.24) is 10.2 Å². The van der Waals surface area contributed by atoms with Crippen LogP contribution < -0.4 is 5.32 Å². The Morgan fingerprint density at radius 3 is 2.53 bits per heavy atom. The van der Waals surface area contributed by atoms with Gasteiger partial charge in [-0.3, -0.25) is 5.41 Å². The lowest BCUT2D eigenvalue weighted by atomic mass is 10.1. The largest absolute Gasteiger partial charge is 0.350 e. The zero-order chi connectivity index (χ0) is 13.3. The van der Waals surface area contributed by atoms with Crippen molar-refractivity contribution in [2.75, 3.05) is 20.1 Å². The Hall–Kier alpha value is -1.09. The van der Waals surface area contributed by atoms with Crippen LogP contribution in [-0.4, -0.2) is 36.9 Å². The molecule has 0 aliphatic carbocycles. The minimum atomic E-state index is 0.416. The van der Waals surface area contributed by atoms with Gasteiger partial charge < -0.3 is 10.2 Å². The third-order valence-corrected chi connectivity index (χ3v) is 2.87. The maximum Gasteiger partial charge on any atom is 0.125 e. The van der Waals surface area contributed by atoms with Gasteiger partial charge in [-0.2, -0.15) is 0 Å². The standard InChI is InChI=1S/C14H27N3/c1-6-9-13(8-3)17(10-7-2)14(15)12(4)11-16-5/h7,13,15-16H,2,4,6,8-11H2,1,3,5H3. The quantitative estimate of drug-likeness (QED) is 0.368. The first-order valence-electron chi connectivity index (χ1n) is 6.41. The Labute approximate surface area is 106 Å². The second-order valence-electron chi connectivity index (χ2n) is 4.27. The van der Waals surface area contributed by atoms with Crippen LogP contribution in [0.3, 0.4) is 0 Å². The summed E-state index contributed by atoms with van der Waals surface area (Å²) >= 11 is 0. The third-order valence-electron chi connectivity index (χ3n) is 2.87. The van der Waals surface area contributed by atoms with E-state index in [2.05, 4.69) is 37.2 Å². The first kappa shape index (κ1) is 15.9. The third kappa shape index (κ3) is 5.18. The topological polar surface area (TPSA) is 39.1 Å². The molecule has 0 bridgehead atoms. The van der Waals surface area contributed by atoms with Crippen LogP contribution in [0.15, 0.2) is 24.8 Å². The summed E-state index contributed by atoms with van der Waals surface area (Å²) in [5.74, 6) is 0.541. The highest BCUT2D eigenvalue weighted by molar-refractivity contribution is 5.95. The minimum Gasteiger partial charge on any atom is -0.350 e. The molecule has 2 N–H and O–H groups in total. The molecule has 0 aromatic carbocycles. The van der Waals surface area contributed by atoms with Crippen molar-refractivity contribution >= 4 is 5.84 Å². The SMILES string of the molecule is C=CCN(C(=N)C(=C)CNC)C(CC)CCC. The summed E-state index contributed by atoms with van der Waals surface area (Å²) in [4.78, 5) is 2.11. The van der Waals surface area contributed by atoms with Crippen LogP contribution in [0.1, 0.15) is 33.1 Å². The number of hydrogen-bond acceptors (Lipinski definition) is 2. The molecule has 0 saturated carbocycles. The number of hydrogen-bond donors (Lipinski definition) is 2. The molecule has 0 heterocycles. The Morgan fingerprint density at radius 2 is 2.12 bits per heavy atom. The molecule has 0 radical (unpaired) electrons. The molecule has 1 unspecified atom stereocenters. The van der Waals surface area contributed by atoms with Crippen molar-refractivity contribution in [3.8, 4) is 0 Å². The van der Waals surface area contributed by atoms with E-state index in [0.29, 0.717) is 18.4 Å². The van der Waals surface area contributed by atoms with Crippen LogP contribution in [0.4, 0.5) is 0 Å². The molecular formula is C14H27N3. The molecule has 0 aromatic rings. The van der Waals surface area contributed by atoms with Gasteiger partial charge in [-0.15, -0.1) is 6.58 Å². The summed E-state index contributed by atoms with van der Waals surface area (Å²) in [6.07, 6.45) is 5.16. The second-order valence-corrected chi connectivity index (χ2v) is 4.27. The lowest BCUT2D eigenvalue weighted by Gasteiger charge is -2.33. The summed E-state index contributed by atoms with van der Waals surface area (Å²) in [7, 11) is 1.87. The molecule has 17 heavy (non-hydrogen) atoms. The van der Waals surface area contributed by atoms with Gasteiger partial charge in [0.1, 0.15) is 5.84 Å². The molecule has 98 valence electrons. The van der Waals surface area contributed by atoms with Gasteiger partial charge in [0, 0.05) is 24.7 Å². The maximum atomic E-state index is 8.21. The molecule has 0 amide bonds. The van der Waals surface area contributed by atoms with Crippen molar-refractivity contribution in [2.45, 2.75) is 39.2 Å². The molecule has 1 atom stereocenters. The van der Waals surface area contributed by atoms with Gasteiger partial charge in [0.2, 0.25) is 0 Å². The smallest absolute Gasteiger partial charge is 0.125 e. The summed E-state index contributed by atoms with van der Waals surface area (Å²) in [5.41, 5.74) is 0.837. The van der Waals surface area contributed by atoms with E-state index in [1.165, 1.54) is 0 Å². The molecule has 0 rings (SSSR count). The Bertz CT molecular complexity index is 258. The molecule has 0 aliphatic rings. The van der Waals surface area contributed by atoms with Gasteiger partial charge >= 0.3 is 0 Å². The van der Waals surface area contributed by atoms with Crippen LogP contribution in [0.25, 0.3) is 0 Å². The number of amidine groups is 1. The van der Waals surface area contributed by atoms with Gasteiger partial charge in [0.05, 0.1) is 0 Å². The van der Waals surface area contributed by atoms with Crippen LogP contribution in [-0.2, 0) is 0 Å². The summed E-state index contributed by atoms with van der Waals surface area (Å²) in [5, 5.41) is 11.3. The number of nitrogens with one attached hydrogen (secondary N) is 2. The predicted molar refractivity (Wildman–Crippen MR) is 76.7 cm³/mol. The fourth-order valence-corrected chi connectivity index (χ4v) is 1.98. The highest BCUT2D eigenvalue weighted by atomic mass is 15.2. The highest BCUT2D eigenvalue weighted by Gasteiger charge is 2.19. The lowest BCUT2D eigenvalue weighted by Crippen LogP contribution is -2.41. The molecule has 0 aliphatic heterocycles. The predicted octanol–water partition coefficient (Wildman–Crippen LogP) is 2.81. The maximum absolute atomic E-state index is 8.21.